The average molecular weight is 408 g/mol. The Bertz CT molecular complexity index is 903. The molecule has 2 amide bonds. The van der Waals surface area contributed by atoms with Crippen LogP contribution in [0.15, 0.2) is 34.7 Å². The van der Waals surface area contributed by atoms with Crippen molar-refractivity contribution in [2.45, 2.75) is 39.4 Å². The highest BCUT2D eigenvalue weighted by molar-refractivity contribution is 5.96. The molecule has 2 heterocycles. The number of furan rings is 1. The molecule has 0 radical (unpaired) electrons. The summed E-state index contributed by atoms with van der Waals surface area (Å²) in [5, 5.41) is 2.79. The molecule has 0 saturated carbocycles. The Hall–Kier alpha value is -2.77. The molecule has 1 aliphatic heterocycles. The fourth-order valence-corrected chi connectivity index (χ4v) is 3.25. The average Bonchev–Trinajstić information content (AvgIpc) is 3.10. The number of alkyl halides is 3. The number of amides is 2. The Labute approximate surface area is 166 Å². The van der Waals surface area contributed by atoms with Crippen LogP contribution in [0.4, 0.5) is 13.2 Å². The van der Waals surface area contributed by atoms with Crippen LogP contribution in [0, 0.1) is 5.92 Å². The van der Waals surface area contributed by atoms with Crippen LogP contribution in [-0.2, 0) is 19.1 Å². The molecule has 1 N–H and O–H groups in total. The van der Waals surface area contributed by atoms with Crippen molar-refractivity contribution in [2.75, 3.05) is 13.1 Å². The van der Waals surface area contributed by atoms with Crippen LogP contribution in [0.2, 0.25) is 0 Å². The predicted molar refractivity (Wildman–Crippen MR) is 100 cm³/mol. The molecule has 0 unspecified atom stereocenters. The molecule has 0 fully saturated rings. The third-order valence-electron chi connectivity index (χ3n) is 4.86. The van der Waals surface area contributed by atoms with Gasteiger partial charge in [-0.05, 0) is 42.5 Å². The summed E-state index contributed by atoms with van der Waals surface area (Å²) in [6.45, 7) is 4.92. The first-order valence-electron chi connectivity index (χ1n) is 9.52. The molecular weight excluding hydrogens is 385 g/mol. The number of carbonyl (C=O) groups excluding carboxylic acids is 2. The quantitative estimate of drug-likeness (QED) is 0.804. The van der Waals surface area contributed by atoms with Crippen molar-refractivity contribution in [2.24, 2.45) is 5.92 Å². The summed E-state index contributed by atoms with van der Waals surface area (Å²) in [5.74, 6) is 0.00866. The van der Waals surface area contributed by atoms with Crippen LogP contribution in [0.25, 0.3) is 0 Å². The van der Waals surface area contributed by atoms with E-state index in [1.54, 1.807) is 6.07 Å². The van der Waals surface area contributed by atoms with Crippen molar-refractivity contribution in [3.8, 4) is 0 Å². The topological polar surface area (TPSA) is 62.6 Å². The van der Waals surface area contributed by atoms with E-state index >= 15 is 0 Å². The highest BCUT2D eigenvalue weighted by Crippen LogP contribution is 2.33. The van der Waals surface area contributed by atoms with Crippen LogP contribution in [0.1, 0.15) is 58.1 Å². The Morgan fingerprint density at radius 1 is 1.24 bits per heavy atom. The molecule has 156 valence electrons. The zero-order chi connectivity index (χ0) is 21.2. The van der Waals surface area contributed by atoms with Gasteiger partial charge in [-0.25, -0.2) is 0 Å². The standard InChI is InChI=1S/C21H23F3N2O3/c1-13(2)7-9-25-19(27)17-11-14-8-10-26(12-18(14)29-17)20(28)15-5-3-4-6-16(15)21(22,23)24/h3-6,11,13H,7-10,12H2,1-2H3,(H,25,27). The lowest BCUT2D eigenvalue weighted by Gasteiger charge is -2.27. The highest BCUT2D eigenvalue weighted by Gasteiger charge is 2.36. The molecule has 0 bridgehead atoms. The summed E-state index contributed by atoms with van der Waals surface area (Å²) < 4.78 is 45.3. The molecule has 1 aromatic carbocycles. The molecule has 1 aromatic heterocycles. The van der Waals surface area contributed by atoms with E-state index in [4.69, 9.17) is 4.42 Å². The van der Waals surface area contributed by atoms with Gasteiger partial charge in [0.2, 0.25) is 0 Å². The minimum atomic E-state index is -4.61. The van der Waals surface area contributed by atoms with Crippen LogP contribution >= 0.6 is 0 Å². The van der Waals surface area contributed by atoms with Crippen LogP contribution in [0.3, 0.4) is 0 Å². The number of rotatable bonds is 5. The zero-order valence-corrected chi connectivity index (χ0v) is 16.3. The number of nitrogens with zero attached hydrogens (tertiary/aromatic N) is 1. The van der Waals surface area contributed by atoms with Crippen molar-refractivity contribution >= 4 is 11.8 Å². The maximum absolute atomic E-state index is 13.2. The van der Waals surface area contributed by atoms with Gasteiger partial charge in [-0.15, -0.1) is 0 Å². The predicted octanol–water partition coefficient (Wildman–Crippen LogP) is 4.27. The van der Waals surface area contributed by atoms with E-state index in [0.29, 0.717) is 24.6 Å². The second-order valence-electron chi connectivity index (χ2n) is 7.52. The summed E-state index contributed by atoms with van der Waals surface area (Å²) >= 11 is 0. The molecule has 3 rings (SSSR count). The number of nitrogens with one attached hydrogen (secondary N) is 1. The lowest BCUT2D eigenvalue weighted by Crippen LogP contribution is -2.36. The number of carbonyl (C=O) groups is 2. The Kier molecular flexibility index (Phi) is 6.00. The number of halogens is 3. The maximum atomic E-state index is 13.2. The summed E-state index contributed by atoms with van der Waals surface area (Å²) in [5.41, 5.74) is -0.547. The first-order valence-corrected chi connectivity index (χ1v) is 9.52. The molecule has 5 nitrogen and oxygen atoms in total. The fourth-order valence-electron chi connectivity index (χ4n) is 3.25. The van der Waals surface area contributed by atoms with Crippen LogP contribution in [-0.4, -0.2) is 29.8 Å². The van der Waals surface area contributed by atoms with E-state index in [-0.39, 0.29) is 30.3 Å². The first kappa shape index (κ1) is 21.0. The monoisotopic (exact) mass is 408 g/mol. The summed E-state index contributed by atoms with van der Waals surface area (Å²) in [4.78, 5) is 26.3. The molecule has 2 aromatic rings. The smallest absolute Gasteiger partial charge is 0.417 e. The Morgan fingerprint density at radius 3 is 2.66 bits per heavy atom. The van der Waals surface area contributed by atoms with E-state index in [1.807, 2.05) is 0 Å². The van der Waals surface area contributed by atoms with Gasteiger partial charge in [-0.3, -0.25) is 9.59 Å². The van der Waals surface area contributed by atoms with Gasteiger partial charge in [-0.2, -0.15) is 13.2 Å². The van der Waals surface area contributed by atoms with E-state index in [2.05, 4.69) is 19.2 Å². The highest BCUT2D eigenvalue weighted by atomic mass is 19.4. The second-order valence-corrected chi connectivity index (χ2v) is 7.52. The van der Waals surface area contributed by atoms with Gasteiger partial charge < -0.3 is 14.6 Å². The number of hydrogen-bond acceptors (Lipinski definition) is 3. The normalized spacial score (nSPS) is 14.1. The van der Waals surface area contributed by atoms with Crippen molar-refractivity contribution in [1.29, 1.82) is 0 Å². The Balaban J connectivity index is 1.73. The zero-order valence-electron chi connectivity index (χ0n) is 16.3. The SMILES string of the molecule is CC(C)CCNC(=O)c1cc2c(o1)CN(C(=O)c1ccccc1C(F)(F)F)CC2. The van der Waals surface area contributed by atoms with Crippen molar-refractivity contribution in [1.82, 2.24) is 10.2 Å². The van der Waals surface area contributed by atoms with Gasteiger partial charge in [-0.1, -0.05) is 26.0 Å². The molecule has 0 spiro atoms. The minimum absolute atomic E-state index is 0.0274. The minimum Gasteiger partial charge on any atom is -0.454 e. The lowest BCUT2D eigenvalue weighted by atomic mass is 10.0. The third kappa shape index (κ3) is 4.81. The molecule has 1 aliphatic rings. The van der Waals surface area contributed by atoms with Gasteiger partial charge in [0, 0.05) is 13.1 Å². The number of fused-ring (bicyclic) bond motifs is 1. The summed E-state index contributed by atoms with van der Waals surface area (Å²) in [7, 11) is 0. The summed E-state index contributed by atoms with van der Waals surface area (Å²) in [6, 6.07) is 6.38. The molecule has 8 heteroatoms. The second kappa shape index (κ2) is 8.31. The fraction of sp³-hybridized carbons (Fsp3) is 0.429. The third-order valence-corrected chi connectivity index (χ3v) is 4.86. The van der Waals surface area contributed by atoms with E-state index < -0.39 is 17.6 Å². The van der Waals surface area contributed by atoms with Gasteiger partial charge in [0.05, 0.1) is 17.7 Å². The number of benzene rings is 1. The number of hydrogen-bond donors (Lipinski definition) is 1. The van der Waals surface area contributed by atoms with Crippen molar-refractivity contribution in [3.05, 3.63) is 58.5 Å². The van der Waals surface area contributed by atoms with E-state index in [0.717, 1.165) is 18.1 Å². The first-order chi connectivity index (χ1) is 13.7. The summed E-state index contributed by atoms with van der Waals surface area (Å²) in [6.07, 6.45) is -3.36. The van der Waals surface area contributed by atoms with Gasteiger partial charge >= 0.3 is 6.18 Å². The molecule has 29 heavy (non-hydrogen) atoms. The van der Waals surface area contributed by atoms with Crippen molar-refractivity contribution < 1.29 is 27.2 Å². The van der Waals surface area contributed by atoms with Crippen molar-refractivity contribution in [3.63, 3.8) is 0 Å². The lowest BCUT2D eigenvalue weighted by molar-refractivity contribution is -0.138. The molecule has 0 aliphatic carbocycles. The van der Waals surface area contributed by atoms with Gasteiger partial charge in [0.1, 0.15) is 5.76 Å². The maximum Gasteiger partial charge on any atom is 0.417 e. The largest absolute Gasteiger partial charge is 0.454 e. The van der Waals surface area contributed by atoms with Gasteiger partial charge in [0.25, 0.3) is 11.8 Å². The van der Waals surface area contributed by atoms with E-state index in [1.165, 1.54) is 23.1 Å². The van der Waals surface area contributed by atoms with Crippen LogP contribution < -0.4 is 5.32 Å². The van der Waals surface area contributed by atoms with Gasteiger partial charge in [0.15, 0.2) is 5.76 Å². The Morgan fingerprint density at radius 2 is 1.97 bits per heavy atom. The van der Waals surface area contributed by atoms with Crippen LogP contribution in [0.5, 0.6) is 0 Å². The van der Waals surface area contributed by atoms with E-state index in [9.17, 15) is 22.8 Å². The molecular formula is C21H23F3N2O3. The molecule has 0 saturated heterocycles. The molecule has 0 atom stereocenters.